The molecule has 170 valence electrons. The zero-order chi connectivity index (χ0) is 21.8. The van der Waals surface area contributed by atoms with Crippen LogP contribution in [0.25, 0.3) is 0 Å². The molecule has 10 heteroatoms. The third kappa shape index (κ3) is 7.08. The molecule has 2 nitrogen and oxygen atoms in total. The molecule has 2 aliphatic carbocycles. The van der Waals surface area contributed by atoms with Gasteiger partial charge in [0, 0.05) is 12.8 Å². The van der Waals surface area contributed by atoms with E-state index in [1.165, 1.54) is 0 Å². The van der Waals surface area contributed by atoms with Crippen molar-refractivity contribution in [2.45, 2.75) is 95.1 Å². The van der Waals surface area contributed by atoms with E-state index in [0.29, 0.717) is 12.8 Å². The number of alkyl halides is 8. The van der Waals surface area contributed by atoms with Crippen LogP contribution >= 0.6 is 0 Å². The van der Waals surface area contributed by atoms with Crippen molar-refractivity contribution in [2.24, 2.45) is 11.8 Å². The Morgan fingerprint density at radius 3 is 2.00 bits per heavy atom. The van der Waals surface area contributed by atoms with Gasteiger partial charge in [0.05, 0.1) is 12.0 Å². The second kappa shape index (κ2) is 9.94. The Balaban J connectivity index is 1.91. The Kier molecular flexibility index (Phi) is 8.35. The standard InChI is InChI=1S/C19H26F8O2/c1-2-3-4-5-11-6-7-13(14(20)8-11)18(23,24)28-12-9-15(21)17(16(22)10-12)29-19(25,26)27/h2-3,11-17H,4-10H2,1H3/b3-2+. The molecule has 0 amide bonds. The first-order chi connectivity index (χ1) is 13.4. The predicted octanol–water partition coefficient (Wildman–Crippen LogP) is 6.45. The monoisotopic (exact) mass is 438 g/mol. The largest absolute Gasteiger partial charge is 0.522 e. The SMILES string of the molecule is C/C=C/CCC1CCC(C(F)(F)OC2CC(F)C(OC(F)(F)F)C(F)C2)C(F)C1. The summed E-state index contributed by atoms with van der Waals surface area (Å²) in [5, 5.41) is 0. The summed E-state index contributed by atoms with van der Waals surface area (Å²) in [4.78, 5) is 0. The van der Waals surface area contributed by atoms with E-state index in [0.717, 1.165) is 6.42 Å². The van der Waals surface area contributed by atoms with Crippen LogP contribution in [0.1, 0.15) is 51.9 Å². The maximum Gasteiger partial charge on any atom is 0.522 e. The second-order valence-corrected chi connectivity index (χ2v) is 7.78. The molecule has 0 aromatic heterocycles. The van der Waals surface area contributed by atoms with E-state index in [9.17, 15) is 35.1 Å². The van der Waals surface area contributed by atoms with Gasteiger partial charge in [-0.15, -0.1) is 13.2 Å². The molecule has 0 heterocycles. The molecule has 0 radical (unpaired) electrons. The van der Waals surface area contributed by atoms with E-state index >= 15 is 0 Å². The van der Waals surface area contributed by atoms with Gasteiger partial charge in [-0.25, -0.2) is 13.2 Å². The Bertz CT molecular complexity index is 527. The minimum Gasteiger partial charge on any atom is -0.317 e. The van der Waals surface area contributed by atoms with E-state index in [4.69, 9.17) is 0 Å². The molecule has 0 aromatic carbocycles. The van der Waals surface area contributed by atoms with Gasteiger partial charge >= 0.3 is 12.5 Å². The molecule has 0 bridgehead atoms. The van der Waals surface area contributed by atoms with Crippen LogP contribution in [-0.2, 0) is 9.47 Å². The number of allylic oxidation sites excluding steroid dienone is 2. The van der Waals surface area contributed by atoms with Gasteiger partial charge in [0.1, 0.15) is 24.6 Å². The molecule has 2 saturated carbocycles. The highest BCUT2D eigenvalue weighted by atomic mass is 19.4. The van der Waals surface area contributed by atoms with E-state index in [-0.39, 0.29) is 18.8 Å². The average Bonchev–Trinajstić information content (AvgIpc) is 2.57. The summed E-state index contributed by atoms with van der Waals surface area (Å²) in [6.07, 6.45) is -16.5. The van der Waals surface area contributed by atoms with Crippen LogP contribution in [0.4, 0.5) is 35.1 Å². The highest BCUT2D eigenvalue weighted by Gasteiger charge is 2.52. The van der Waals surface area contributed by atoms with E-state index in [1.54, 1.807) is 0 Å². The molecule has 5 unspecified atom stereocenters. The third-order valence-electron chi connectivity index (χ3n) is 5.57. The predicted molar refractivity (Wildman–Crippen MR) is 89.5 cm³/mol. The Labute approximate surface area is 164 Å². The third-order valence-corrected chi connectivity index (χ3v) is 5.57. The van der Waals surface area contributed by atoms with Crippen molar-refractivity contribution in [1.29, 1.82) is 0 Å². The second-order valence-electron chi connectivity index (χ2n) is 7.78. The topological polar surface area (TPSA) is 18.5 Å². The Hall–Kier alpha value is -0.900. The highest BCUT2D eigenvalue weighted by molar-refractivity contribution is 4.91. The Morgan fingerprint density at radius 1 is 0.862 bits per heavy atom. The zero-order valence-corrected chi connectivity index (χ0v) is 16.0. The van der Waals surface area contributed by atoms with Crippen molar-refractivity contribution < 1.29 is 44.6 Å². The van der Waals surface area contributed by atoms with E-state index in [1.807, 2.05) is 19.1 Å². The minimum atomic E-state index is -5.25. The molecule has 0 spiro atoms. The summed E-state index contributed by atoms with van der Waals surface area (Å²) >= 11 is 0. The Morgan fingerprint density at radius 2 is 1.48 bits per heavy atom. The van der Waals surface area contributed by atoms with E-state index in [2.05, 4.69) is 9.47 Å². The van der Waals surface area contributed by atoms with Crippen LogP contribution in [0.5, 0.6) is 0 Å². The quantitative estimate of drug-likeness (QED) is 0.336. The average molecular weight is 438 g/mol. The fourth-order valence-corrected chi connectivity index (χ4v) is 4.14. The molecule has 0 aromatic rings. The molecule has 5 atom stereocenters. The van der Waals surface area contributed by atoms with Crippen LogP contribution in [0.15, 0.2) is 12.2 Å². The summed E-state index contributed by atoms with van der Waals surface area (Å²) in [6.45, 7) is 1.85. The molecule has 2 rings (SSSR count). The smallest absolute Gasteiger partial charge is 0.317 e. The molecule has 0 aliphatic heterocycles. The van der Waals surface area contributed by atoms with Gasteiger partial charge in [-0.2, -0.15) is 8.78 Å². The van der Waals surface area contributed by atoms with Crippen LogP contribution < -0.4 is 0 Å². The first kappa shape index (κ1) is 24.4. The lowest BCUT2D eigenvalue weighted by molar-refractivity contribution is -0.365. The zero-order valence-electron chi connectivity index (χ0n) is 16.0. The van der Waals surface area contributed by atoms with Crippen molar-refractivity contribution in [3.05, 3.63) is 12.2 Å². The van der Waals surface area contributed by atoms with Gasteiger partial charge < -0.3 is 4.74 Å². The molecular weight excluding hydrogens is 412 g/mol. The summed E-state index contributed by atoms with van der Waals surface area (Å²) in [7, 11) is 0. The maximum absolute atomic E-state index is 14.5. The molecule has 0 saturated heterocycles. The first-order valence-electron chi connectivity index (χ1n) is 9.76. The van der Waals surface area contributed by atoms with Crippen LogP contribution in [-0.4, -0.2) is 43.2 Å². The van der Waals surface area contributed by atoms with Gasteiger partial charge in [-0.1, -0.05) is 12.2 Å². The summed E-state index contributed by atoms with van der Waals surface area (Å²) < 4.78 is 116. The first-order valence-corrected chi connectivity index (χ1v) is 9.76. The summed E-state index contributed by atoms with van der Waals surface area (Å²) in [6, 6.07) is 0. The fraction of sp³-hybridized carbons (Fsp3) is 0.895. The number of ether oxygens (including phenoxy) is 2. The molecule has 2 fully saturated rings. The van der Waals surface area contributed by atoms with E-state index < -0.39 is 62.0 Å². The molecule has 29 heavy (non-hydrogen) atoms. The van der Waals surface area contributed by atoms with Gasteiger partial charge in [0.15, 0.2) is 0 Å². The molecule has 2 aliphatic rings. The van der Waals surface area contributed by atoms with Gasteiger partial charge in [-0.3, -0.25) is 4.74 Å². The number of hydrogen-bond acceptors (Lipinski definition) is 2. The fourth-order valence-electron chi connectivity index (χ4n) is 4.14. The lowest BCUT2D eigenvalue weighted by atomic mass is 9.78. The molecular formula is C19H26F8O2. The number of hydrogen-bond donors (Lipinski definition) is 0. The normalized spacial score (nSPS) is 37.2. The minimum absolute atomic E-state index is 0.0337. The number of rotatable bonds is 7. The van der Waals surface area contributed by atoms with Crippen LogP contribution in [0.2, 0.25) is 0 Å². The van der Waals surface area contributed by atoms with Crippen LogP contribution in [0.3, 0.4) is 0 Å². The lowest BCUT2D eigenvalue weighted by Gasteiger charge is -2.40. The summed E-state index contributed by atoms with van der Waals surface area (Å²) in [5.41, 5.74) is 0. The number of halogens is 8. The van der Waals surface area contributed by atoms with Crippen molar-refractivity contribution in [1.82, 2.24) is 0 Å². The van der Waals surface area contributed by atoms with Gasteiger partial charge in [0.2, 0.25) is 0 Å². The van der Waals surface area contributed by atoms with Crippen molar-refractivity contribution in [3.63, 3.8) is 0 Å². The maximum atomic E-state index is 14.5. The van der Waals surface area contributed by atoms with Crippen molar-refractivity contribution in [2.75, 3.05) is 0 Å². The van der Waals surface area contributed by atoms with Gasteiger partial charge in [0.25, 0.3) is 0 Å². The van der Waals surface area contributed by atoms with Crippen molar-refractivity contribution in [3.8, 4) is 0 Å². The lowest BCUT2D eigenvalue weighted by Crippen LogP contribution is -2.50. The summed E-state index contributed by atoms with van der Waals surface area (Å²) in [5.74, 6) is -1.78. The van der Waals surface area contributed by atoms with Gasteiger partial charge in [-0.05, 0) is 44.9 Å². The van der Waals surface area contributed by atoms with Crippen LogP contribution in [0, 0.1) is 11.8 Å². The van der Waals surface area contributed by atoms with Crippen molar-refractivity contribution >= 4 is 0 Å². The highest BCUT2D eigenvalue weighted by Crippen LogP contribution is 2.44. The molecule has 0 N–H and O–H groups in total.